The molecule has 4 aromatic rings. The number of aliphatic hydroxyl groups excluding tert-OH is 1. The number of hydrogen-bond donors (Lipinski definition) is 2. The summed E-state index contributed by atoms with van der Waals surface area (Å²) in [4.78, 5) is 43.7. The summed E-state index contributed by atoms with van der Waals surface area (Å²) in [5.41, 5.74) is 3.71. The number of anilines is 1. The molecule has 1 aromatic heterocycles. The van der Waals surface area contributed by atoms with Crippen molar-refractivity contribution in [3.05, 3.63) is 114 Å². The predicted molar refractivity (Wildman–Crippen MR) is 176 cm³/mol. The summed E-state index contributed by atoms with van der Waals surface area (Å²) in [5.74, 6) is -0.398. The number of carbonyl (C=O) groups excluding carboxylic acids is 3. The van der Waals surface area contributed by atoms with E-state index < -0.39 is 11.8 Å². The first-order valence-corrected chi connectivity index (χ1v) is 16.1. The number of nitrogens with one attached hydrogen (secondary N) is 1. The molecule has 10 heteroatoms. The van der Waals surface area contributed by atoms with Crippen LogP contribution in [-0.2, 0) is 32.3 Å². The number of aromatic nitrogens is 1. The Morgan fingerprint density at radius 2 is 1.68 bits per heavy atom. The van der Waals surface area contributed by atoms with Gasteiger partial charge in [-0.1, -0.05) is 60.7 Å². The van der Waals surface area contributed by atoms with Crippen molar-refractivity contribution in [3.63, 3.8) is 0 Å². The highest BCUT2D eigenvalue weighted by molar-refractivity contribution is 5.96. The van der Waals surface area contributed by atoms with E-state index in [1.807, 2.05) is 91.1 Å². The number of amides is 2. The standard InChI is InChI=1S/C37H38N4O6/c1-25(43)40-21-31(30-9-5-6-10-32(30)40)28-19-33(47-34(20-28)46-23-27-13-11-26(22-42)12-14-27)35(44)39-17-15-37(16-18-39)36(45)38-24-41(37)29-7-3-2-4-8-29/h2-14,19,21,28,34,42H,15-18,20,22-24H2,1H3,(H,38,45)/t28-,34+/m1/s1. The normalized spacial score (nSPS) is 20.6. The molecule has 0 bridgehead atoms. The van der Waals surface area contributed by atoms with Crippen LogP contribution in [-0.4, -0.2) is 63.9 Å². The maximum Gasteiger partial charge on any atom is 0.288 e. The Morgan fingerprint density at radius 1 is 0.979 bits per heavy atom. The van der Waals surface area contributed by atoms with Crippen LogP contribution in [0.5, 0.6) is 0 Å². The molecule has 3 aliphatic rings. The highest BCUT2D eigenvalue weighted by atomic mass is 16.7. The highest BCUT2D eigenvalue weighted by Crippen LogP contribution is 2.39. The monoisotopic (exact) mass is 634 g/mol. The number of carbonyl (C=O) groups is 3. The largest absolute Gasteiger partial charge is 0.459 e. The Hall–Kier alpha value is -4.93. The van der Waals surface area contributed by atoms with Crippen molar-refractivity contribution in [2.24, 2.45) is 0 Å². The number of fused-ring (bicyclic) bond motifs is 1. The van der Waals surface area contributed by atoms with E-state index in [-0.39, 0.29) is 42.6 Å². The van der Waals surface area contributed by atoms with Gasteiger partial charge in [0.05, 0.1) is 25.4 Å². The van der Waals surface area contributed by atoms with Crippen LogP contribution in [0.3, 0.4) is 0 Å². The van der Waals surface area contributed by atoms with E-state index in [0.29, 0.717) is 39.0 Å². The summed E-state index contributed by atoms with van der Waals surface area (Å²) in [6.45, 7) is 2.98. The maximum atomic E-state index is 14.1. The van der Waals surface area contributed by atoms with Crippen LogP contribution >= 0.6 is 0 Å². The van der Waals surface area contributed by atoms with Crippen molar-refractivity contribution < 1.29 is 29.0 Å². The van der Waals surface area contributed by atoms with E-state index in [2.05, 4.69) is 10.2 Å². The van der Waals surface area contributed by atoms with Crippen molar-refractivity contribution in [1.82, 2.24) is 14.8 Å². The average Bonchev–Trinajstić information content (AvgIpc) is 3.66. The number of allylic oxidation sites excluding steroid dienone is 1. The molecule has 3 aromatic carbocycles. The topological polar surface area (TPSA) is 113 Å². The molecule has 2 fully saturated rings. The van der Waals surface area contributed by atoms with Crippen LogP contribution in [0.15, 0.2) is 96.9 Å². The smallest absolute Gasteiger partial charge is 0.288 e. The van der Waals surface area contributed by atoms with Crippen molar-refractivity contribution in [1.29, 1.82) is 0 Å². The molecule has 3 aliphatic heterocycles. The molecular weight excluding hydrogens is 596 g/mol. The molecule has 2 amide bonds. The van der Waals surface area contributed by atoms with Gasteiger partial charge in [0, 0.05) is 49.6 Å². The second kappa shape index (κ2) is 12.7. The van der Waals surface area contributed by atoms with Crippen LogP contribution in [0.2, 0.25) is 0 Å². The quantitative estimate of drug-likeness (QED) is 0.304. The highest BCUT2D eigenvalue weighted by Gasteiger charge is 2.51. The summed E-state index contributed by atoms with van der Waals surface area (Å²) in [6.07, 6.45) is 4.43. The molecular formula is C37H38N4O6. The Morgan fingerprint density at radius 3 is 2.40 bits per heavy atom. The first kappa shape index (κ1) is 30.7. The fourth-order valence-corrected chi connectivity index (χ4v) is 7.09. The second-order valence-electron chi connectivity index (χ2n) is 12.4. The van der Waals surface area contributed by atoms with E-state index in [4.69, 9.17) is 9.47 Å². The zero-order valence-electron chi connectivity index (χ0n) is 26.3. The zero-order chi connectivity index (χ0) is 32.5. The van der Waals surface area contributed by atoms with Crippen molar-refractivity contribution in [3.8, 4) is 0 Å². The van der Waals surface area contributed by atoms with E-state index >= 15 is 0 Å². The van der Waals surface area contributed by atoms with Crippen LogP contribution < -0.4 is 10.2 Å². The van der Waals surface area contributed by atoms with Crippen molar-refractivity contribution in [2.45, 2.75) is 57.1 Å². The molecule has 10 nitrogen and oxygen atoms in total. The van der Waals surface area contributed by atoms with Gasteiger partial charge in [0.15, 0.2) is 5.76 Å². The number of hydrogen-bond acceptors (Lipinski definition) is 7. The Labute approximate surface area is 273 Å². The Balaban J connectivity index is 1.14. The van der Waals surface area contributed by atoms with Crippen molar-refractivity contribution in [2.75, 3.05) is 24.7 Å². The molecule has 242 valence electrons. The van der Waals surface area contributed by atoms with Crippen LogP contribution in [0, 0.1) is 0 Å². The number of rotatable bonds is 7. The molecule has 1 spiro atoms. The number of nitrogens with zero attached hydrogens (tertiary/aromatic N) is 3. The third kappa shape index (κ3) is 5.79. The SMILES string of the molecule is CC(=O)n1cc([C@@H]2C=C(C(=O)N3CCC4(CC3)C(=O)NCN4c3ccccc3)O[C@H](OCc3ccc(CO)cc3)C2)c2ccccc21. The molecule has 0 saturated carbocycles. The van der Waals surface area contributed by atoms with Gasteiger partial charge in [-0.05, 0) is 53.8 Å². The molecule has 2 N–H and O–H groups in total. The number of piperidine rings is 1. The Kier molecular flexibility index (Phi) is 8.30. The van der Waals surface area contributed by atoms with Gasteiger partial charge in [0.1, 0.15) is 5.54 Å². The van der Waals surface area contributed by atoms with Gasteiger partial charge in [0.2, 0.25) is 18.1 Å². The van der Waals surface area contributed by atoms with Gasteiger partial charge >= 0.3 is 0 Å². The number of para-hydroxylation sites is 2. The molecule has 2 atom stereocenters. The molecule has 0 radical (unpaired) electrons. The average molecular weight is 635 g/mol. The summed E-state index contributed by atoms with van der Waals surface area (Å²) in [5, 5.41) is 13.4. The van der Waals surface area contributed by atoms with E-state index in [0.717, 1.165) is 33.3 Å². The first-order valence-electron chi connectivity index (χ1n) is 16.1. The number of ether oxygens (including phenoxy) is 2. The fraction of sp³-hybridized carbons (Fsp3) is 0.324. The minimum absolute atomic E-state index is 0.0102. The lowest BCUT2D eigenvalue weighted by atomic mass is 9.85. The van der Waals surface area contributed by atoms with Crippen molar-refractivity contribution >= 4 is 34.3 Å². The lowest BCUT2D eigenvalue weighted by Gasteiger charge is -2.43. The first-order chi connectivity index (χ1) is 22.9. The van der Waals surface area contributed by atoms with Crippen LogP contribution in [0.25, 0.3) is 10.9 Å². The van der Waals surface area contributed by atoms with E-state index in [9.17, 15) is 19.5 Å². The van der Waals surface area contributed by atoms with Gasteiger partial charge in [-0.3, -0.25) is 19.0 Å². The van der Waals surface area contributed by atoms with Gasteiger partial charge < -0.3 is 29.7 Å². The van der Waals surface area contributed by atoms with Crippen LogP contribution in [0.1, 0.15) is 53.6 Å². The third-order valence-electron chi connectivity index (χ3n) is 9.67. The zero-order valence-corrected chi connectivity index (χ0v) is 26.3. The third-order valence-corrected chi connectivity index (χ3v) is 9.67. The minimum Gasteiger partial charge on any atom is -0.459 e. The summed E-state index contributed by atoms with van der Waals surface area (Å²) in [7, 11) is 0. The van der Waals surface area contributed by atoms with Gasteiger partial charge in [0.25, 0.3) is 5.91 Å². The number of aliphatic hydroxyl groups is 1. The molecule has 47 heavy (non-hydrogen) atoms. The molecule has 7 rings (SSSR count). The van der Waals surface area contributed by atoms with Crippen LogP contribution in [0.4, 0.5) is 5.69 Å². The van der Waals surface area contributed by atoms with Gasteiger partial charge in [-0.15, -0.1) is 0 Å². The molecule has 0 aliphatic carbocycles. The second-order valence-corrected chi connectivity index (χ2v) is 12.4. The molecule has 2 saturated heterocycles. The van der Waals surface area contributed by atoms with E-state index in [1.165, 1.54) is 6.92 Å². The molecule has 4 heterocycles. The summed E-state index contributed by atoms with van der Waals surface area (Å²) < 4.78 is 14.2. The minimum atomic E-state index is -0.716. The number of benzene rings is 3. The summed E-state index contributed by atoms with van der Waals surface area (Å²) in [6, 6.07) is 25.1. The lowest BCUT2D eigenvalue weighted by molar-refractivity contribution is -0.157. The maximum absolute atomic E-state index is 14.1. The lowest BCUT2D eigenvalue weighted by Crippen LogP contribution is -2.57. The summed E-state index contributed by atoms with van der Waals surface area (Å²) >= 11 is 0. The fourth-order valence-electron chi connectivity index (χ4n) is 7.09. The molecule has 0 unspecified atom stereocenters. The van der Waals surface area contributed by atoms with E-state index in [1.54, 1.807) is 9.47 Å². The number of likely N-dealkylation sites (tertiary alicyclic amines) is 1. The Bertz CT molecular complexity index is 1820. The predicted octanol–water partition coefficient (Wildman–Crippen LogP) is 4.68. The van der Waals surface area contributed by atoms with Gasteiger partial charge in [-0.25, -0.2) is 0 Å². The van der Waals surface area contributed by atoms with Gasteiger partial charge in [-0.2, -0.15) is 0 Å².